The molecule has 0 aliphatic carbocycles. The Morgan fingerprint density at radius 3 is 2.32 bits per heavy atom. The molecular formula is C22H25AcN2-. The summed E-state index contributed by atoms with van der Waals surface area (Å²) in [4.78, 5) is 2.54. The fourth-order valence-electron chi connectivity index (χ4n) is 3.29. The van der Waals surface area contributed by atoms with Crippen LogP contribution < -0.4 is 0 Å². The molecule has 1 N–H and O–H groups in total. The van der Waals surface area contributed by atoms with Crippen LogP contribution in [0.5, 0.6) is 0 Å². The van der Waals surface area contributed by atoms with E-state index in [1.54, 1.807) is 12.1 Å². The molecule has 3 heteroatoms. The first-order valence-electron chi connectivity index (χ1n) is 8.86. The minimum Gasteiger partial charge on any atom is -0.699 e. The largest absolute Gasteiger partial charge is 0.699 e. The van der Waals surface area contributed by atoms with Crippen molar-refractivity contribution in [3.63, 3.8) is 0 Å². The van der Waals surface area contributed by atoms with Crippen LogP contribution in [0.4, 0.5) is 5.69 Å². The average molecular weight is 544 g/mol. The molecule has 0 bridgehead atoms. The van der Waals surface area contributed by atoms with Crippen LogP contribution in [0.25, 0.3) is 5.73 Å². The van der Waals surface area contributed by atoms with E-state index in [0.717, 1.165) is 24.4 Å². The number of hydrogen-bond acceptors (Lipinski definition) is 1. The van der Waals surface area contributed by atoms with Gasteiger partial charge in [-0.3, -0.25) is 0 Å². The molecule has 1 radical (unpaired) electrons. The Kier molecular flexibility index (Phi) is 9.05. The molecule has 0 unspecified atom stereocenters. The van der Waals surface area contributed by atoms with E-state index in [-0.39, 0.29) is 44.1 Å². The van der Waals surface area contributed by atoms with Crippen LogP contribution in [0, 0.1) is 61.8 Å². The molecule has 1 aliphatic heterocycles. The molecule has 0 aromatic heterocycles. The van der Waals surface area contributed by atoms with Crippen LogP contribution in [-0.2, 0) is 6.42 Å². The monoisotopic (exact) mass is 544 g/mol. The smallest absolute Gasteiger partial charge is 0.0244 e. The van der Waals surface area contributed by atoms with Gasteiger partial charge in [0.15, 0.2) is 0 Å². The Morgan fingerprint density at radius 2 is 1.64 bits per heavy atom. The van der Waals surface area contributed by atoms with E-state index in [2.05, 4.69) is 47.1 Å². The Morgan fingerprint density at radius 1 is 0.960 bits per heavy atom. The van der Waals surface area contributed by atoms with Crippen LogP contribution >= 0.6 is 0 Å². The number of rotatable bonds is 4. The van der Waals surface area contributed by atoms with E-state index in [9.17, 15) is 0 Å². The van der Waals surface area contributed by atoms with E-state index in [0.29, 0.717) is 5.69 Å². The molecule has 25 heavy (non-hydrogen) atoms. The summed E-state index contributed by atoms with van der Waals surface area (Å²) in [5.74, 6) is 7.29. The molecule has 1 aliphatic rings. The third-order valence-electron chi connectivity index (χ3n) is 4.75. The van der Waals surface area contributed by atoms with Crippen molar-refractivity contribution < 1.29 is 44.1 Å². The van der Waals surface area contributed by atoms with E-state index < -0.39 is 0 Å². The van der Waals surface area contributed by atoms with Gasteiger partial charge in [0.1, 0.15) is 0 Å². The number of likely N-dealkylation sites (tertiary alicyclic amines) is 1. The summed E-state index contributed by atoms with van der Waals surface area (Å²) >= 11 is 0. The van der Waals surface area contributed by atoms with Gasteiger partial charge in [0.25, 0.3) is 0 Å². The molecule has 3 rings (SSSR count). The zero-order valence-electron chi connectivity index (χ0n) is 14.7. The first kappa shape index (κ1) is 20.5. The number of nitrogens with zero attached hydrogens (tertiary/aromatic N) is 1. The molecule has 1 heterocycles. The molecule has 1 saturated heterocycles. The first-order chi connectivity index (χ1) is 11.8. The second-order valence-corrected chi connectivity index (χ2v) is 6.60. The molecule has 127 valence electrons. The summed E-state index contributed by atoms with van der Waals surface area (Å²) in [6.45, 7) is 3.47. The Hall–Kier alpha value is -0.798. The van der Waals surface area contributed by atoms with Crippen LogP contribution in [0.3, 0.4) is 0 Å². The maximum absolute atomic E-state index is 7.47. The normalized spacial score (nSPS) is 15.0. The topological polar surface area (TPSA) is 27.0 Å². The third kappa shape index (κ3) is 7.15. The average Bonchev–Trinajstić information content (AvgIpc) is 2.62. The zero-order valence-corrected chi connectivity index (χ0v) is 19.5. The Labute approximate surface area is 187 Å². The molecule has 0 spiro atoms. The standard InChI is InChI=1S/C22H25N2.Ac/c23-22-11-9-19(10-12-22)6-4-5-15-24-16-13-21(14-17-24)18-20-7-2-1-3-8-20;/h1-3,7-12,21,23H,5,13-18H2;/q-1;. The molecule has 0 saturated carbocycles. The van der Waals surface area contributed by atoms with Gasteiger partial charge < -0.3 is 10.6 Å². The van der Waals surface area contributed by atoms with Crippen molar-refractivity contribution >= 4 is 5.69 Å². The fraction of sp³-hybridized carbons (Fsp3) is 0.364. The van der Waals surface area contributed by atoms with Gasteiger partial charge in [-0.25, -0.2) is 0 Å². The summed E-state index contributed by atoms with van der Waals surface area (Å²) in [6, 6.07) is 18.3. The van der Waals surface area contributed by atoms with E-state index in [4.69, 9.17) is 5.73 Å². The predicted octanol–water partition coefficient (Wildman–Crippen LogP) is 5.07. The predicted molar refractivity (Wildman–Crippen MR) is 101 cm³/mol. The number of piperidine rings is 1. The van der Waals surface area contributed by atoms with Gasteiger partial charge in [-0.2, -0.15) is 0 Å². The molecule has 1 fully saturated rings. The van der Waals surface area contributed by atoms with E-state index in [1.807, 2.05) is 12.1 Å². The van der Waals surface area contributed by atoms with Gasteiger partial charge >= 0.3 is 0 Å². The Balaban J connectivity index is 0.00000225. The second kappa shape index (κ2) is 11.0. The summed E-state index contributed by atoms with van der Waals surface area (Å²) in [5, 5.41) is 0. The number of hydrogen-bond donors (Lipinski definition) is 0. The van der Waals surface area contributed by atoms with Crippen molar-refractivity contribution in [1.29, 1.82) is 0 Å². The first-order valence-corrected chi connectivity index (χ1v) is 8.86. The van der Waals surface area contributed by atoms with Gasteiger partial charge in [0, 0.05) is 62.6 Å². The van der Waals surface area contributed by atoms with Crippen molar-refractivity contribution in [1.82, 2.24) is 4.90 Å². The summed E-state index contributed by atoms with van der Waals surface area (Å²) in [7, 11) is 0. The van der Waals surface area contributed by atoms with Crippen molar-refractivity contribution in [3.8, 4) is 11.8 Å². The number of benzene rings is 2. The summed E-state index contributed by atoms with van der Waals surface area (Å²) in [5.41, 5.74) is 10.5. The molecule has 0 amide bonds. The van der Waals surface area contributed by atoms with Crippen molar-refractivity contribution in [2.75, 3.05) is 19.6 Å². The quantitative estimate of drug-likeness (QED) is 0.495. The molecule has 0 atom stereocenters. The van der Waals surface area contributed by atoms with Gasteiger partial charge in [-0.1, -0.05) is 54.3 Å². The van der Waals surface area contributed by atoms with Crippen molar-refractivity contribution in [2.24, 2.45) is 5.92 Å². The second-order valence-electron chi connectivity index (χ2n) is 6.60. The van der Waals surface area contributed by atoms with Gasteiger partial charge in [0.2, 0.25) is 0 Å². The van der Waals surface area contributed by atoms with E-state index in [1.165, 1.54) is 37.9 Å². The minimum atomic E-state index is 0. The summed E-state index contributed by atoms with van der Waals surface area (Å²) < 4.78 is 0. The third-order valence-corrected chi connectivity index (χ3v) is 4.75. The molecular weight excluding hydrogens is 519 g/mol. The molecule has 2 aromatic carbocycles. The Bertz CT molecular complexity index is 677. The van der Waals surface area contributed by atoms with Crippen molar-refractivity contribution in [2.45, 2.75) is 25.7 Å². The molecule has 2 aromatic rings. The SMILES string of the molecule is [Ac].[NH-]c1ccc(C#CCCN2CCC(Cc3ccccc3)CC2)cc1. The van der Waals surface area contributed by atoms with Crippen LogP contribution in [0.1, 0.15) is 30.4 Å². The maximum Gasteiger partial charge on any atom is 0.0244 e. The van der Waals surface area contributed by atoms with Crippen LogP contribution in [0.15, 0.2) is 54.6 Å². The fourth-order valence-corrected chi connectivity index (χ4v) is 3.29. The van der Waals surface area contributed by atoms with Crippen LogP contribution in [-0.4, -0.2) is 24.5 Å². The van der Waals surface area contributed by atoms with Gasteiger partial charge in [-0.05, 0) is 56.0 Å². The van der Waals surface area contributed by atoms with Crippen LogP contribution in [0.2, 0.25) is 0 Å². The number of nitrogens with one attached hydrogen (secondary N) is 1. The summed E-state index contributed by atoms with van der Waals surface area (Å²) in [6.07, 6.45) is 4.74. The van der Waals surface area contributed by atoms with Crippen molar-refractivity contribution in [3.05, 3.63) is 71.5 Å². The van der Waals surface area contributed by atoms with Gasteiger partial charge in [-0.15, -0.1) is 5.69 Å². The minimum absolute atomic E-state index is 0. The zero-order chi connectivity index (χ0) is 16.6. The molecule has 2 nitrogen and oxygen atoms in total. The van der Waals surface area contributed by atoms with E-state index >= 15 is 0 Å². The maximum atomic E-state index is 7.47. The van der Waals surface area contributed by atoms with Gasteiger partial charge in [0.05, 0.1) is 0 Å².